The highest BCUT2D eigenvalue weighted by Crippen LogP contribution is 2.27. The van der Waals surface area contributed by atoms with Crippen LogP contribution in [0, 0.1) is 0 Å². The van der Waals surface area contributed by atoms with Gasteiger partial charge in [-0.25, -0.2) is 0 Å². The van der Waals surface area contributed by atoms with Crippen molar-refractivity contribution in [2.24, 2.45) is 0 Å². The largest absolute Gasteiger partial charge is 0.491 e. The van der Waals surface area contributed by atoms with Crippen LogP contribution < -0.4 is 4.74 Å². The molecule has 1 aliphatic rings. The second-order valence-corrected chi connectivity index (χ2v) is 5.23. The Kier molecular flexibility index (Phi) is 2.96. The fraction of sp³-hybridized carbons (Fsp3) is 0.375. The average Bonchev–Trinajstić information content (AvgIpc) is 3.16. The first-order chi connectivity index (χ1) is 8.75. The molecule has 2 unspecified atom stereocenters. The summed E-state index contributed by atoms with van der Waals surface area (Å²) in [6.45, 7) is 6.43. The van der Waals surface area contributed by atoms with Crippen molar-refractivity contribution < 1.29 is 4.74 Å². The van der Waals surface area contributed by atoms with Gasteiger partial charge in [0.05, 0.1) is 6.04 Å². The first-order valence-corrected chi connectivity index (χ1v) is 6.62. The lowest BCUT2D eigenvalue weighted by Gasteiger charge is -2.10. The van der Waals surface area contributed by atoms with Gasteiger partial charge in [0.25, 0.3) is 0 Å². The van der Waals surface area contributed by atoms with Gasteiger partial charge in [0.1, 0.15) is 12.4 Å². The molecular formula is C16H19NO. The van der Waals surface area contributed by atoms with E-state index in [1.165, 1.54) is 17.3 Å². The number of fused-ring (bicyclic) bond motifs is 1. The Labute approximate surface area is 108 Å². The lowest BCUT2D eigenvalue weighted by molar-refractivity contribution is 0.284. The average molecular weight is 241 g/mol. The Morgan fingerprint density at radius 1 is 1.17 bits per heavy atom. The van der Waals surface area contributed by atoms with Gasteiger partial charge in [-0.2, -0.15) is 0 Å². The van der Waals surface area contributed by atoms with Crippen LogP contribution in [0.25, 0.3) is 10.8 Å². The Morgan fingerprint density at radius 3 is 2.72 bits per heavy atom. The van der Waals surface area contributed by atoms with Crippen LogP contribution in [-0.2, 0) is 0 Å². The number of hydrogen-bond donors (Lipinski definition) is 0. The summed E-state index contributed by atoms with van der Waals surface area (Å²) in [6, 6.07) is 15.8. The zero-order valence-corrected chi connectivity index (χ0v) is 11.0. The van der Waals surface area contributed by atoms with E-state index in [2.05, 4.69) is 61.2 Å². The van der Waals surface area contributed by atoms with Crippen LogP contribution in [0.4, 0.5) is 0 Å². The predicted octanol–water partition coefficient (Wildman–Crippen LogP) is 3.31. The SMILES string of the molecule is CC(C)N1CC1COc1cccc2ccccc12. The summed E-state index contributed by atoms with van der Waals surface area (Å²) in [4.78, 5) is 2.45. The molecule has 1 saturated heterocycles. The van der Waals surface area contributed by atoms with Crippen LogP contribution in [0.15, 0.2) is 42.5 Å². The van der Waals surface area contributed by atoms with E-state index in [1.807, 2.05) is 0 Å². The van der Waals surface area contributed by atoms with Gasteiger partial charge < -0.3 is 4.74 Å². The van der Waals surface area contributed by atoms with Crippen molar-refractivity contribution in [2.45, 2.75) is 25.9 Å². The molecule has 18 heavy (non-hydrogen) atoms. The second kappa shape index (κ2) is 4.62. The molecule has 2 heteroatoms. The first kappa shape index (κ1) is 11.5. The van der Waals surface area contributed by atoms with Crippen LogP contribution in [0.5, 0.6) is 5.75 Å². The summed E-state index contributed by atoms with van der Waals surface area (Å²) in [5, 5.41) is 2.45. The van der Waals surface area contributed by atoms with Gasteiger partial charge in [-0.05, 0) is 25.3 Å². The molecule has 0 spiro atoms. The monoisotopic (exact) mass is 241 g/mol. The fourth-order valence-electron chi connectivity index (χ4n) is 2.48. The van der Waals surface area contributed by atoms with Crippen molar-refractivity contribution in [3.8, 4) is 5.75 Å². The van der Waals surface area contributed by atoms with Crippen molar-refractivity contribution in [2.75, 3.05) is 13.2 Å². The Morgan fingerprint density at radius 2 is 1.94 bits per heavy atom. The van der Waals surface area contributed by atoms with Crippen LogP contribution in [0.3, 0.4) is 0 Å². The van der Waals surface area contributed by atoms with E-state index in [4.69, 9.17) is 4.74 Å². The van der Waals surface area contributed by atoms with Crippen LogP contribution in [-0.4, -0.2) is 30.1 Å². The zero-order valence-electron chi connectivity index (χ0n) is 11.0. The van der Waals surface area contributed by atoms with Gasteiger partial charge in [-0.15, -0.1) is 0 Å². The van der Waals surface area contributed by atoms with Gasteiger partial charge in [-0.3, -0.25) is 4.90 Å². The maximum atomic E-state index is 5.98. The molecule has 0 radical (unpaired) electrons. The molecule has 0 amide bonds. The minimum absolute atomic E-state index is 0.601. The highest BCUT2D eigenvalue weighted by Gasteiger charge is 2.36. The lowest BCUT2D eigenvalue weighted by atomic mass is 10.1. The molecule has 0 N–H and O–H groups in total. The number of hydrogen-bond acceptors (Lipinski definition) is 2. The first-order valence-electron chi connectivity index (χ1n) is 6.62. The van der Waals surface area contributed by atoms with E-state index in [1.54, 1.807) is 0 Å². The van der Waals surface area contributed by atoms with Gasteiger partial charge in [0, 0.05) is 18.0 Å². The molecule has 1 heterocycles. The summed E-state index contributed by atoms with van der Waals surface area (Å²) in [5.74, 6) is 1.00. The van der Waals surface area contributed by atoms with E-state index in [-0.39, 0.29) is 0 Å². The Hall–Kier alpha value is -1.54. The third-order valence-electron chi connectivity index (χ3n) is 3.60. The molecular weight excluding hydrogens is 222 g/mol. The summed E-state index contributed by atoms with van der Waals surface area (Å²) < 4.78 is 5.98. The molecule has 2 nitrogen and oxygen atoms in total. The van der Waals surface area contributed by atoms with Gasteiger partial charge in [0.15, 0.2) is 0 Å². The summed E-state index contributed by atoms with van der Waals surface area (Å²) in [6.07, 6.45) is 0. The van der Waals surface area contributed by atoms with E-state index in [0.717, 1.165) is 12.4 Å². The maximum Gasteiger partial charge on any atom is 0.127 e. The number of benzene rings is 2. The molecule has 2 atom stereocenters. The number of nitrogens with zero attached hydrogens (tertiary/aromatic N) is 1. The fourth-order valence-corrected chi connectivity index (χ4v) is 2.48. The van der Waals surface area contributed by atoms with Crippen LogP contribution in [0.1, 0.15) is 13.8 Å². The normalized spacial score (nSPS) is 22.4. The molecule has 1 aliphatic heterocycles. The van der Waals surface area contributed by atoms with E-state index in [9.17, 15) is 0 Å². The molecule has 2 aromatic rings. The minimum atomic E-state index is 0.601. The summed E-state index contributed by atoms with van der Waals surface area (Å²) in [7, 11) is 0. The Bertz CT molecular complexity index is 544. The van der Waals surface area contributed by atoms with Gasteiger partial charge in [-0.1, -0.05) is 36.4 Å². The lowest BCUT2D eigenvalue weighted by Crippen LogP contribution is -2.16. The quantitative estimate of drug-likeness (QED) is 0.761. The third kappa shape index (κ3) is 2.21. The predicted molar refractivity (Wildman–Crippen MR) is 75.1 cm³/mol. The Balaban J connectivity index is 1.72. The molecule has 94 valence electrons. The summed E-state index contributed by atoms with van der Waals surface area (Å²) >= 11 is 0. The van der Waals surface area contributed by atoms with Crippen molar-refractivity contribution >= 4 is 10.8 Å². The van der Waals surface area contributed by atoms with E-state index < -0.39 is 0 Å². The van der Waals surface area contributed by atoms with E-state index >= 15 is 0 Å². The number of ether oxygens (including phenoxy) is 1. The molecule has 1 fully saturated rings. The van der Waals surface area contributed by atoms with Crippen molar-refractivity contribution in [1.82, 2.24) is 4.90 Å². The van der Waals surface area contributed by atoms with Crippen molar-refractivity contribution in [3.63, 3.8) is 0 Å². The topological polar surface area (TPSA) is 12.2 Å². The molecule has 3 rings (SSSR count). The molecule has 2 aromatic carbocycles. The summed E-state index contributed by atoms with van der Waals surface area (Å²) in [5.41, 5.74) is 0. The van der Waals surface area contributed by atoms with Crippen molar-refractivity contribution in [3.05, 3.63) is 42.5 Å². The highest BCUT2D eigenvalue weighted by molar-refractivity contribution is 5.88. The van der Waals surface area contributed by atoms with Gasteiger partial charge >= 0.3 is 0 Å². The van der Waals surface area contributed by atoms with Crippen LogP contribution >= 0.6 is 0 Å². The molecule has 0 aromatic heterocycles. The van der Waals surface area contributed by atoms with E-state index in [0.29, 0.717) is 12.1 Å². The second-order valence-electron chi connectivity index (χ2n) is 5.23. The van der Waals surface area contributed by atoms with Gasteiger partial charge in [0.2, 0.25) is 0 Å². The third-order valence-corrected chi connectivity index (χ3v) is 3.60. The molecule has 0 aliphatic carbocycles. The minimum Gasteiger partial charge on any atom is -0.491 e. The molecule has 0 bridgehead atoms. The highest BCUT2D eigenvalue weighted by atomic mass is 16.5. The number of rotatable bonds is 4. The maximum absolute atomic E-state index is 5.98. The molecule has 0 saturated carbocycles. The van der Waals surface area contributed by atoms with Crippen molar-refractivity contribution in [1.29, 1.82) is 0 Å². The smallest absolute Gasteiger partial charge is 0.127 e. The van der Waals surface area contributed by atoms with Crippen LogP contribution in [0.2, 0.25) is 0 Å². The zero-order chi connectivity index (χ0) is 12.5. The standard InChI is InChI=1S/C16H19NO/c1-12(2)17-10-14(17)11-18-16-9-5-7-13-6-3-4-8-15(13)16/h3-9,12,14H,10-11H2,1-2H3.